The second kappa shape index (κ2) is 11.0. The third-order valence-corrected chi connectivity index (χ3v) is 9.24. The molecule has 0 radical (unpaired) electrons. The van der Waals surface area contributed by atoms with Gasteiger partial charge in [-0.15, -0.1) is 0 Å². The lowest BCUT2D eigenvalue weighted by atomic mass is 9.72. The number of nitrogens with zero attached hydrogens (tertiary/aromatic N) is 1. The van der Waals surface area contributed by atoms with Gasteiger partial charge in [-0.05, 0) is 19.9 Å². The zero-order valence-corrected chi connectivity index (χ0v) is 24.2. The molecule has 2 saturated heterocycles. The molecular formula is C31H35NO11. The first-order valence-electron chi connectivity index (χ1n) is 14.4. The summed E-state index contributed by atoms with van der Waals surface area (Å²) in [4.78, 5) is 42.2. The largest absolute Gasteiger partial charge is 0.507 e. The molecule has 6 rings (SSSR count). The molecule has 0 spiro atoms. The zero-order chi connectivity index (χ0) is 30.8. The van der Waals surface area contributed by atoms with Crippen LogP contribution in [0.25, 0.3) is 0 Å². The predicted octanol–water partition coefficient (Wildman–Crippen LogP) is 1.40. The number of hydrogen-bond donors (Lipinski definition) is 4. The lowest BCUT2D eigenvalue weighted by Gasteiger charge is -2.46. The van der Waals surface area contributed by atoms with Crippen LogP contribution in [0, 0.1) is 0 Å². The highest BCUT2D eigenvalue weighted by atomic mass is 16.7. The first kappa shape index (κ1) is 29.7. The molecule has 0 amide bonds. The van der Waals surface area contributed by atoms with E-state index in [2.05, 4.69) is 4.90 Å². The number of Topliss-reactive ketones (excluding diaryl/α,β-unsaturated/α-hetero) is 1. The van der Waals surface area contributed by atoms with Crippen molar-refractivity contribution in [3.8, 4) is 17.2 Å². The van der Waals surface area contributed by atoms with E-state index in [4.69, 9.17) is 18.9 Å². The number of methoxy groups -OCH3 is 1. The van der Waals surface area contributed by atoms with Crippen molar-refractivity contribution in [2.45, 2.75) is 69.4 Å². The summed E-state index contributed by atoms with van der Waals surface area (Å²) in [7, 11) is 1.35. The summed E-state index contributed by atoms with van der Waals surface area (Å²) >= 11 is 0. The molecule has 4 aliphatic rings. The molecule has 0 bridgehead atoms. The first-order chi connectivity index (χ1) is 20.5. The first-order valence-corrected chi connectivity index (χ1v) is 14.4. The molecule has 230 valence electrons. The second-order valence-corrected chi connectivity index (χ2v) is 11.7. The lowest BCUT2D eigenvalue weighted by Crippen LogP contribution is -2.58. The quantitative estimate of drug-likeness (QED) is 0.312. The van der Waals surface area contributed by atoms with Crippen LogP contribution in [0.1, 0.15) is 75.8 Å². The van der Waals surface area contributed by atoms with E-state index in [0.717, 1.165) is 0 Å². The summed E-state index contributed by atoms with van der Waals surface area (Å²) in [6.45, 7) is 5.18. The highest BCUT2D eigenvalue weighted by molar-refractivity contribution is 6.31. The Kier molecular flexibility index (Phi) is 7.56. The zero-order valence-electron chi connectivity index (χ0n) is 24.2. The maximum atomic E-state index is 13.8. The van der Waals surface area contributed by atoms with Crippen LogP contribution in [0.4, 0.5) is 0 Å². The van der Waals surface area contributed by atoms with Gasteiger partial charge < -0.3 is 39.4 Å². The molecule has 2 heterocycles. The van der Waals surface area contributed by atoms with Gasteiger partial charge in [0.15, 0.2) is 17.9 Å². The number of carbonyl (C=O) groups excluding carboxylic acids is 3. The fourth-order valence-corrected chi connectivity index (χ4v) is 6.87. The number of phenols is 2. The summed E-state index contributed by atoms with van der Waals surface area (Å²) < 4.78 is 23.1. The molecule has 12 heteroatoms. The minimum atomic E-state index is -2.00. The SMILES string of the molecule is COc1cccc2c1C(=O)c1c(O)c3c(c(O)c1C2=O)C[C@@](O)(C(C)=O)C[C@@H]3O[C@H]1C[C@H](N2CCOCC2)[C@H](O)[C@H](C)O1. The Hall–Kier alpha value is -3.39. The van der Waals surface area contributed by atoms with E-state index < -0.39 is 76.6 Å². The molecule has 6 atom stereocenters. The lowest BCUT2D eigenvalue weighted by molar-refractivity contribution is -0.260. The van der Waals surface area contributed by atoms with Gasteiger partial charge in [-0.1, -0.05) is 12.1 Å². The summed E-state index contributed by atoms with van der Waals surface area (Å²) in [5.74, 6) is -3.08. The number of benzene rings is 2. The van der Waals surface area contributed by atoms with Crippen LogP contribution in [-0.2, 0) is 25.4 Å². The third kappa shape index (κ3) is 4.73. The van der Waals surface area contributed by atoms with Crippen LogP contribution in [0.2, 0.25) is 0 Å². The smallest absolute Gasteiger partial charge is 0.202 e. The Morgan fingerprint density at radius 3 is 2.44 bits per heavy atom. The number of aliphatic hydroxyl groups excluding tert-OH is 1. The van der Waals surface area contributed by atoms with Gasteiger partial charge in [0.1, 0.15) is 22.8 Å². The number of aromatic hydroxyl groups is 2. The maximum Gasteiger partial charge on any atom is 0.202 e. The number of ketones is 3. The Balaban J connectivity index is 1.44. The van der Waals surface area contributed by atoms with Crippen molar-refractivity contribution >= 4 is 17.3 Å². The van der Waals surface area contributed by atoms with E-state index in [1.165, 1.54) is 32.2 Å². The molecule has 43 heavy (non-hydrogen) atoms. The van der Waals surface area contributed by atoms with E-state index in [-0.39, 0.29) is 46.9 Å². The van der Waals surface area contributed by atoms with E-state index in [9.17, 15) is 34.8 Å². The van der Waals surface area contributed by atoms with Crippen LogP contribution in [0.5, 0.6) is 17.2 Å². The van der Waals surface area contributed by atoms with Gasteiger partial charge in [-0.25, -0.2) is 0 Å². The van der Waals surface area contributed by atoms with Gasteiger partial charge >= 0.3 is 0 Å². The maximum absolute atomic E-state index is 13.8. The number of morpholine rings is 1. The Labute approximate surface area is 247 Å². The van der Waals surface area contributed by atoms with Crippen LogP contribution in [0.15, 0.2) is 18.2 Å². The predicted molar refractivity (Wildman–Crippen MR) is 149 cm³/mol. The molecule has 2 fully saturated rings. The monoisotopic (exact) mass is 597 g/mol. The summed E-state index contributed by atoms with van der Waals surface area (Å²) in [5.41, 5.74) is -2.93. The van der Waals surface area contributed by atoms with Crippen LogP contribution in [0.3, 0.4) is 0 Å². The van der Waals surface area contributed by atoms with E-state index >= 15 is 0 Å². The number of aliphatic hydroxyl groups is 2. The molecule has 2 aliphatic carbocycles. The topological polar surface area (TPSA) is 172 Å². The van der Waals surface area contributed by atoms with Gasteiger partial charge in [-0.2, -0.15) is 0 Å². The van der Waals surface area contributed by atoms with E-state index in [0.29, 0.717) is 26.3 Å². The number of phenolic OH excluding ortho intramolecular Hbond substituents is 2. The fourth-order valence-electron chi connectivity index (χ4n) is 6.87. The Morgan fingerprint density at radius 1 is 1.07 bits per heavy atom. The molecule has 2 aromatic carbocycles. The van der Waals surface area contributed by atoms with Gasteiger partial charge in [0, 0.05) is 55.1 Å². The van der Waals surface area contributed by atoms with Crippen molar-refractivity contribution in [3.63, 3.8) is 0 Å². The Morgan fingerprint density at radius 2 is 1.77 bits per heavy atom. The summed E-state index contributed by atoms with van der Waals surface area (Å²) in [6, 6.07) is 4.15. The molecule has 2 aromatic rings. The molecular weight excluding hydrogens is 562 g/mol. The number of fused-ring (bicyclic) bond motifs is 3. The Bertz CT molecular complexity index is 1500. The average molecular weight is 598 g/mol. The number of ether oxygens (including phenoxy) is 4. The van der Waals surface area contributed by atoms with Crippen molar-refractivity contribution in [1.82, 2.24) is 4.90 Å². The van der Waals surface area contributed by atoms with Crippen molar-refractivity contribution in [2.75, 3.05) is 33.4 Å². The minimum absolute atomic E-state index is 0.00533. The van der Waals surface area contributed by atoms with Gasteiger partial charge in [0.2, 0.25) is 5.78 Å². The molecule has 0 saturated carbocycles. The van der Waals surface area contributed by atoms with Crippen molar-refractivity contribution in [2.24, 2.45) is 0 Å². The van der Waals surface area contributed by atoms with Gasteiger partial charge in [-0.3, -0.25) is 19.3 Å². The van der Waals surface area contributed by atoms with E-state index in [1.807, 2.05) is 0 Å². The fraction of sp³-hybridized carbons (Fsp3) is 0.516. The number of hydrogen-bond acceptors (Lipinski definition) is 12. The number of carbonyl (C=O) groups is 3. The standard InChI is InChI=1S/C31H35NO11/c1-14-26(34)18(32-7-9-41-10-8-32)11-21(42-14)43-20-13-31(39,15(2)33)12-17-23(20)30(38)25-24(28(17)36)27(35)16-5-4-6-19(40-3)22(16)29(25)37/h4-6,14,18,20-21,26,34,36,38-39H,7-13H2,1-3H3/t14-,18-,20-,21-,26+,31-/m0/s1. The second-order valence-electron chi connectivity index (χ2n) is 11.7. The van der Waals surface area contributed by atoms with E-state index in [1.54, 1.807) is 6.92 Å². The van der Waals surface area contributed by atoms with Crippen molar-refractivity contribution in [3.05, 3.63) is 51.6 Å². The molecule has 0 unspecified atom stereocenters. The summed E-state index contributed by atoms with van der Waals surface area (Å²) in [5, 5.41) is 45.5. The van der Waals surface area contributed by atoms with Gasteiger partial charge in [0.05, 0.1) is 55.3 Å². The van der Waals surface area contributed by atoms with Crippen molar-refractivity contribution < 1.29 is 53.8 Å². The highest BCUT2D eigenvalue weighted by Gasteiger charge is 2.50. The molecule has 2 aliphatic heterocycles. The van der Waals surface area contributed by atoms with Gasteiger partial charge in [0.25, 0.3) is 0 Å². The minimum Gasteiger partial charge on any atom is -0.507 e. The van der Waals surface area contributed by atoms with Crippen LogP contribution < -0.4 is 4.74 Å². The van der Waals surface area contributed by atoms with Crippen LogP contribution in [-0.4, -0.2) is 106 Å². The average Bonchev–Trinajstić information content (AvgIpc) is 2.99. The molecule has 12 nitrogen and oxygen atoms in total. The normalized spacial score (nSPS) is 30.8. The molecule has 4 N–H and O–H groups in total. The number of rotatable bonds is 5. The summed E-state index contributed by atoms with van der Waals surface area (Å²) in [6.07, 6.45) is -4.07. The van der Waals surface area contributed by atoms with Crippen LogP contribution >= 0.6 is 0 Å². The molecule has 0 aromatic heterocycles. The third-order valence-electron chi connectivity index (χ3n) is 9.24. The highest BCUT2D eigenvalue weighted by Crippen LogP contribution is 2.52. The van der Waals surface area contributed by atoms with Crippen molar-refractivity contribution in [1.29, 1.82) is 0 Å².